The maximum absolute atomic E-state index is 12.7. The van der Waals surface area contributed by atoms with Gasteiger partial charge in [0.05, 0.1) is 10.8 Å². The van der Waals surface area contributed by atoms with E-state index in [9.17, 15) is 13.2 Å². The lowest BCUT2D eigenvalue weighted by molar-refractivity contribution is -0.126. The van der Waals surface area contributed by atoms with Gasteiger partial charge in [0.1, 0.15) is 0 Å². The summed E-state index contributed by atoms with van der Waals surface area (Å²) in [6.07, 6.45) is 2.21. The number of amides is 1. The lowest BCUT2D eigenvalue weighted by atomic mass is 9.99. The number of hydrogen-bond donors (Lipinski definition) is 3. The third-order valence-electron chi connectivity index (χ3n) is 3.97. The van der Waals surface area contributed by atoms with Gasteiger partial charge in [-0.25, -0.2) is 8.42 Å². The largest absolute Gasteiger partial charge is 0.361 e. The first-order chi connectivity index (χ1) is 11.9. The number of hydrazine groups is 1. The molecule has 1 aromatic rings. The fraction of sp³-hybridized carbons (Fsp3) is 0.500. The number of benzene rings is 1. The number of hydrogen-bond acceptors (Lipinski definition) is 4. The third kappa shape index (κ3) is 5.38. The summed E-state index contributed by atoms with van der Waals surface area (Å²) in [6.45, 7) is 3.32. The molecule has 138 valence electrons. The molecule has 1 aromatic carbocycles. The average molecular weight is 385 g/mol. The smallest absolute Gasteiger partial charge is 0.243 e. The number of rotatable bonds is 5. The Bertz CT molecular complexity index is 695. The van der Waals surface area contributed by atoms with Crippen molar-refractivity contribution in [1.82, 2.24) is 20.5 Å². The molecule has 1 saturated heterocycles. The molecule has 0 aliphatic carbocycles. The van der Waals surface area contributed by atoms with Gasteiger partial charge >= 0.3 is 0 Å². The van der Waals surface area contributed by atoms with Gasteiger partial charge in [0.2, 0.25) is 15.9 Å². The summed E-state index contributed by atoms with van der Waals surface area (Å²) in [5.74, 6) is -0.665. The molecule has 1 amide bonds. The first kappa shape index (κ1) is 19.6. The van der Waals surface area contributed by atoms with E-state index >= 15 is 0 Å². The van der Waals surface area contributed by atoms with Crippen LogP contribution in [0, 0.1) is 5.92 Å². The van der Waals surface area contributed by atoms with Crippen molar-refractivity contribution in [2.75, 3.05) is 19.6 Å². The van der Waals surface area contributed by atoms with Crippen LogP contribution in [0.1, 0.15) is 26.2 Å². The van der Waals surface area contributed by atoms with E-state index in [1.54, 1.807) is 30.3 Å². The standard InChI is InChI=1S/C16H24N4O3S2/c1-2-10-17-16(24)19-18-15(21)13-7-6-11-20(12-13)25(22,23)14-8-4-3-5-9-14/h3-5,8-9,13H,2,6-7,10-12H2,1H3,(H,18,21)(H2,17,19,24)/t13-/m1/s1. The number of nitrogens with one attached hydrogen (secondary N) is 3. The monoisotopic (exact) mass is 384 g/mol. The Hall–Kier alpha value is -1.71. The highest BCUT2D eigenvalue weighted by Gasteiger charge is 2.33. The highest BCUT2D eigenvalue weighted by atomic mass is 32.2. The summed E-state index contributed by atoms with van der Waals surface area (Å²) in [5.41, 5.74) is 5.21. The summed E-state index contributed by atoms with van der Waals surface area (Å²) >= 11 is 5.04. The molecule has 1 fully saturated rings. The SMILES string of the molecule is CCCNC(=S)NNC(=O)[C@@H]1CCCN(S(=O)(=O)c2ccccc2)C1. The number of sulfonamides is 1. The molecule has 0 saturated carbocycles. The van der Waals surface area contributed by atoms with Crippen LogP contribution in [0.3, 0.4) is 0 Å². The van der Waals surface area contributed by atoms with E-state index in [2.05, 4.69) is 16.2 Å². The van der Waals surface area contributed by atoms with Crippen molar-refractivity contribution in [2.45, 2.75) is 31.1 Å². The third-order valence-corrected chi connectivity index (χ3v) is 6.10. The minimum atomic E-state index is -3.58. The van der Waals surface area contributed by atoms with E-state index in [4.69, 9.17) is 12.2 Å². The minimum absolute atomic E-state index is 0.167. The molecule has 0 radical (unpaired) electrons. The fourth-order valence-electron chi connectivity index (χ4n) is 2.62. The molecule has 1 aliphatic rings. The molecule has 0 spiro atoms. The highest BCUT2D eigenvalue weighted by Crippen LogP contribution is 2.23. The number of carbonyl (C=O) groups excluding carboxylic acids is 1. The van der Waals surface area contributed by atoms with Gasteiger partial charge in [-0.3, -0.25) is 15.6 Å². The molecule has 0 bridgehead atoms. The molecule has 1 heterocycles. The Morgan fingerprint density at radius 2 is 2.00 bits per heavy atom. The van der Waals surface area contributed by atoms with E-state index < -0.39 is 15.9 Å². The first-order valence-electron chi connectivity index (χ1n) is 8.34. The van der Waals surface area contributed by atoms with Crippen LogP contribution in [0.4, 0.5) is 0 Å². The molecule has 7 nitrogen and oxygen atoms in total. The zero-order valence-electron chi connectivity index (χ0n) is 14.2. The quantitative estimate of drug-likeness (QED) is 0.518. The Kier molecular flexibility index (Phi) is 7.15. The molecule has 25 heavy (non-hydrogen) atoms. The summed E-state index contributed by atoms with van der Waals surface area (Å²) in [4.78, 5) is 12.6. The van der Waals surface area contributed by atoms with Crippen LogP contribution >= 0.6 is 12.2 Å². The van der Waals surface area contributed by atoms with Crippen LogP contribution in [-0.4, -0.2) is 43.4 Å². The molecule has 9 heteroatoms. The van der Waals surface area contributed by atoms with Crippen molar-refractivity contribution in [3.8, 4) is 0 Å². The van der Waals surface area contributed by atoms with Crippen LogP contribution in [0.2, 0.25) is 0 Å². The second-order valence-electron chi connectivity index (χ2n) is 5.89. The molecule has 2 rings (SSSR count). The van der Waals surface area contributed by atoms with Crippen LogP contribution in [0.25, 0.3) is 0 Å². The van der Waals surface area contributed by atoms with E-state index in [-0.39, 0.29) is 17.3 Å². The summed E-state index contributed by atoms with van der Waals surface area (Å²) in [5, 5.41) is 3.29. The first-order valence-corrected chi connectivity index (χ1v) is 10.2. The van der Waals surface area contributed by atoms with Crippen molar-refractivity contribution in [2.24, 2.45) is 5.92 Å². The molecule has 1 aliphatic heterocycles. The summed E-state index contributed by atoms with van der Waals surface area (Å²) in [7, 11) is -3.58. The number of nitrogens with zero attached hydrogens (tertiary/aromatic N) is 1. The van der Waals surface area contributed by atoms with Crippen LogP contribution in [-0.2, 0) is 14.8 Å². The maximum atomic E-state index is 12.7. The van der Waals surface area contributed by atoms with E-state index in [0.717, 1.165) is 6.42 Å². The number of carbonyl (C=O) groups is 1. The van der Waals surface area contributed by atoms with Gasteiger partial charge in [-0.05, 0) is 43.6 Å². The van der Waals surface area contributed by atoms with Crippen molar-refractivity contribution in [3.05, 3.63) is 30.3 Å². The van der Waals surface area contributed by atoms with Gasteiger partial charge in [0.25, 0.3) is 0 Å². The second kappa shape index (κ2) is 9.12. The predicted octanol–water partition coefficient (Wildman–Crippen LogP) is 0.993. The van der Waals surface area contributed by atoms with Crippen LogP contribution in [0.15, 0.2) is 35.2 Å². The van der Waals surface area contributed by atoms with Gasteiger partial charge in [0.15, 0.2) is 5.11 Å². The Morgan fingerprint density at radius 1 is 1.28 bits per heavy atom. The molecule has 0 aromatic heterocycles. The topological polar surface area (TPSA) is 90.5 Å². The normalized spacial score (nSPS) is 18.4. The molecular formula is C16H24N4O3S2. The maximum Gasteiger partial charge on any atom is 0.243 e. The highest BCUT2D eigenvalue weighted by molar-refractivity contribution is 7.89. The van der Waals surface area contributed by atoms with Gasteiger partial charge in [-0.1, -0.05) is 25.1 Å². The van der Waals surface area contributed by atoms with Crippen LogP contribution < -0.4 is 16.2 Å². The second-order valence-corrected chi connectivity index (χ2v) is 8.23. The minimum Gasteiger partial charge on any atom is -0.361 e. The lowest BCUT2D eigenvalue weighted by Gasteiger charge is -2.31. The van der Waals surface area contributed by atoms with E-state index in [0.29, 0.717) is 31.0 Å². The average Bonchev–Trinajstić information content (AvgIpc) is 2.65. The van der Waals surface area contributed by atoms with Gasteiger partial charge in [-0.15, -0.1) is 0 Å². The molecule has 0 unspecified atom stereocenters. The lowest BCUT2D eigenvalue weighted by Crippen LogP contribution is -2.52. The van der Waals surface area contributed by atoms with Crippen molar-refractivity contribution in [1.29, 1.82) is 0 Å². The van der Waals surface area contributed by atoms with Crippen molar-refractivity contribution in [3.63, 3.8) is 0 Å². The van der Waals surface area contributed by atoms with Crippen molar-refractivity contribution < 1.29 is 13.2 Å². The molecule has 1 atom stereocenters. The Labute approximate surface area is 154 Å². The fourth-order valence-corrected chi connectivity index (χ4v) is 4.32. The van der Waals surface area contributed by atoms with Gasteiger partial charge < -0.3 is 5.32 Å². The summed E-state index contributed by atoms with van der Waals surface area (Å²) < 4.78 is 26.8. The van der Waals surface area contributed by atoms with Crippen LogP contribution in [0.5, 0.6) is 0 Å². The molecular weight excluding hydrogens is 360 g/mol. The predicted molar refractivity (Wildman–Crippen MR) is 100 cm³/mol. The Morgan fingerprint density at radius 3 is 2.68 bits per heavy atom. The number of thiocarbonyl (C=S) groups is 1. The van der Waals surface area contributed by atoms with E-state index in [1.165, 1.54) is 4.31 Å². The number of piperidine rings is 1. The molecule has 3 N–H and O–H groups in total. The summed E-state index contributed by atoms with van der Waals surface area (Å²) in [6, 6.07) is 8.29. The zero-order chi connectivity index (χ0) is 18.3. The Balaban J connectivity index is 1.94. The van der Waals surface area contributed by atoms with E-state index in [1.807, 2.05) is 6.92 Å². The zero-order valence-corrected chi connectivity index (χ0v) is 15.8. The van der Waals surface area contributed by atoms with Gasteiger partial charge in [-0.2, -0.15) is 4.31 Å². The van der Waals surface area contributed by atoms with Crippen molar-refractivity contribution >= 4 is 33.3 Å². The van der Waals surface area contributed by atoms with Gasteiger partial charge in [0, 0.05) is 19.6 Å².